The lowest BCUT2D eigenvalue weighted by molar-refractivity contribution is 0.0948. The second-order valence-electron chi connectivity index (χ2n) is 5.59. The Morgan fingerprint density at radius 1 is 1.23 bits per heavy atom. The van der Waals surface area contributed by atoms with Crippen LogP contribution in [0.15, 0.2) is 28.9 Å². The Morgan fingerprint density at radius 3 is 2.65 bits per heavy atom. The van der Waals surface area contributed by atoms with Gasteiger partial charge in [0.25, 0.3) is 5.91 Å². The molecule has 0 unspecified atom stereocenters. The highest BCUT2D eigenvalue weighted by atomic mass is 32.1. The minimum absolute atomic E-state index is 0.0459. The van der Waals surface area contributed by atoms with Crippen molar-refractivity contribution < 1.29 is 18.1 Å². The van der Waals surface area contributed by atoms with Crippen molar-refractivity contribution >= 4 is 32.6 Å². The summed E-state index contributed by atoms with van der Waals surface area (Å²) in [5, 5.41) is 3.85. The summed E-state index contributed by atoms with van der Waals surface area (Å²) < 4.78 is 32.8. The first-order valence-corrected chi connectivity index (χ1v) is 9.05. The van der Waals surface area contributed by atoms with Crippen molar-refractivity contribution in [2.45, 2.75) is 13.8 Å². The van der Waals surface area contributed by atoms with Crippen molar-refractivity contribution in [3.05, 3.63) is 41.8 Å². The van der Waals surface area contributed by atoms with Crippen LogP contribution >= 0.6 is 11.3 Å². The Morgan fingerprint density at radius 2 is 2.00 bits per heavy atom. The molecule has 26 heavy (non-hydrogen) atoms. The van der Waals surface area contributed by atoms with Crippen LogP contribution in [0.3, 0.4) is 0 Å². The lowest BCUT2D eigenvalue weighted by Crippen LogP contribution is -2.38. The molecule has 0 atom stereocenters. The van der Waals surface area contributed by atoms with Gasteiger partial charge in [0.2, 0.25) is 5.76 Å². The molecule has 138 valence electrons. The third kappa shape index (κ3) is 3.73. The molecule has 0 fully saturated rings. The fraction of sp³-hybridized carbons (Fsp3) is 0.353. The van der Waals surface area contributed by atoms with E-state index in [4.69, 9.17) is 4.52 Å². The van der Waals surface area contributed by atoms with Gasteiger partial charge in [0, 0.05) is 25.2 Å². The Kier molecular flexibility index (Phi) is 5.58. The molecule has 3 aromatic rings. The number of nitrogens with zero attached hydrogens (tertiary/aromatic N) is 4. The third-order valence-electron chi connectivity index (χ3n) is 4.06. The standard InChI is InChI=1S/C17H18F2N4O2S/c1-3-22(4-2)7-8-23(16(24)13-5-6-20-25-13)17-21-15-12(19)9-11(18)10-14(15)26-17/h5-6,9-10H,3-4,7-8H2,1-2H3. The van der Waals surface area contributed by atoms with Crippen LogP contribution in [0.4, 0.5) is 13.9 Å². The number of halogens is 2. The largest absolute Gasteiger partial charge is 0.351 e. The molecule has 0 bridgehead atoms. The van der Waals surface area contributed by atoms with Crippen LogP contribution in [-0.4, -0.2) is 47.1 Å². The molecule has 2 aromatic heterocycles. The van der Waals surface area contributed by atoms with Gasteiger partial charge in [-0.25, -0.2) is 13.8 Å². The first-order valence-electron chi connectivity index (χ1n) is 8.24. The van der Waals surface area contributed by atoms with E-state index in [1.165, 1.54) is 23.2 Å². The highest BCUT2D eigenvalue weighted by Crippen LogP contribution is 2.31. The number of benzene rings is 1. The number of aromatic nitrogens is 2. The molecule has 0 saturated carbocycles. The molecule has 2 heterocycles. The Balaban J connectivity index is 1.96. The quantitative estimate of drug-likeness (QED) is 0.627. The normalized spacial score (nSPS) is 11.4. The van der Waals surface area contributed by atoms with E-state index in [0.29, 0.717) is 17.8 Å². The zero-order valence-electron chi connectivity index (χ0n) is 14.4. The lowest BCUT2D eigenvalue weighted by atomic mass is 10.3. The van der Waals surface area contributed by atoms with Crippen LogP contribution in [0.25, 0.3) is 10.2 Å². The van der Waals surface area contributed by atoms with Crippen LogP contribution in [0.5, 0.6) is 0 Å². The van der Waals surface area contributed by atoms with E-state index in [-0.39, 0.29) is 16.4 Å². The van der Waals surface area contributed by atoms with Gasteiger partial charge in [-0.15, -0.1) is 0 Å². The van der Waals surface area contributed by atoms with Crippen LogP contribution in [0, 0.1) is 11.6 Å². The molecule has 0 aliphatic carbocycles. The monoisotopic (exact) mass is 380 g/mol. The van der Waals surface area contributed by atoms with Crippen molar-refractivity contribution in [2.75, 3.05) is 31.1 Å². The Hall–Kier alpha value is -2.39. The summed E-state index contributed by atoms with van der Waals surface area (Å²) in [6.45, 7) is 6.68. The summed E-state index contributed by atoms with van der Waals surface area (Å²) in [6.07, 6.45) is 1.38. The van der Waals surface area contributed by atoms with Crippen molar-refractivity contribution in [2.24, 2.45) is 0 Å². The summed E-state index contributed by atoms with van der Waals surface area (Å²) in [6, 6.07) is 3.45. The molecular formula is C17H18F2N4O2S. The van der Waals surface area contributed by atoms with Crippen molar-refractivity contribution in [1.82, 2.24) is 15.0 Å². The Labute approximate surface area is 153 Å². The van der Waals surface area contributed by atoms with Crippen LogP contribution in [0.1, 0.15) is 24.4 Å². The number of likely N-dealkylation sites (N-methyl/N-ethyl adjacent to an activating group) is 1. The average Bonchev–Trinajstić information content (AvgIpc) is 3.28. The summed E-state index contributed by atoms with van der Waals surface area (Å²) >= 11 is 1.06. The molecular weight excluding hydrogens is 362 g/mol. The molecule has 0 N–H and O–H groups in total. The smallest absolute Gasteiger partial charge is 0.298 e. The number of carbonyl (C=O) groups excluding carboxylic acids is 1. The molecule has 0 aliphatic heterocycles. The van der Waals surface area contributed by atoms with Gasteiger partial charge in [-0.1, -0.05) is 30.3 Å². The average molecular weight is 380 g/mol. The number of carbonyl (C=O) groups is 1. The molecule has 0 radical (unpaired) electrons. The number of anilines is 1. The summed E-state index contributed by atoms with van der Waals surface area (Å²) in [4.78, 5) is 20.6. The molecule has 0 aliphatic rings. The highest BCUT2D eigenvalue weighted by Gasteiger charge is 2.25. The predicted octanol–water partition coefficient (Wildman–Crippen LogP) is 3.55. The van der Waals surface area contributed by atoms with E-state index in [0.717, 1.165) is 30.5 Å². The molecule has 9 heteroatoms. The predicted molar refractivity (Wildman–Crippen MR) is 95.5 cm³/mol. The van der Waals surface area contributed by atoms with E-state index in [9.17, 15) is 13.6 Å². The SMILES string of the molecule is CCN(CC)CCN(C(=O)c1ccno1)c1nc2c(F)cc(F)cc2s1. The number of rotatable bonds is 7. The Bertz CT molecular complexity index is 894. The van der Waals surface area contributed by atoms with Gasteiger partial charge >= 0.3 is 0 Å². The van der Waals surface area contributed by atoms with Crippen molar-refractivity contribution in [3.8, 4) is 0 Å². The second-order valence-corrected chi connectivity index (χ2v) is 6.60. The van der Waals surface area contributed by atoms with E-state index < -0.39 is 17.5 Å². The van der Waals surface area contributed by atoms with Crippen molar-refractivity contribution in [1.29, 1.82) is 0 Å². The first-order chi connectivity index (χ1) is 12.5. The molecule has 6 nitrogen and oxygen atoms in total. The summed E-state index contributed by atoms with van der Waals surface area (Å²) in [5.41, 5.74) is 0.0459. The number of hydrogen-bond acceptors (Lipinski definition) is 6. The zero-order valence-corrected chi connectivity index (χ0v) is 15.2. The van der Waals surface area contributed by atoms with E-state index in [1.54, 1.807) is 0 Å². The molecule has 3 rings (SSSR count). The van der Waals surface area contributed by atoms with E-state index in [1.807, 2.05) is 13.8 Å². The highest BCUT2D eigenvalue weighted by molar-refractivity contribution is 7.22. The third-order valence-corrected chi connectivity index (χ3v) is 5.09. The fourth-order valence-electron chi connectivity index (χ4n) is 2.59. The van der Waals surface area contributed by atoms with E-state index >= 15 is 0 Å². The summed E-state index contributed by atoms with van der Waals surface area (Å²) in [7, 11) is 0. The minimum atomic E-state index is -0.752. The maximum absolute atomic E-state index is 14.0. The van der Waals surface area contributed by atoms with E-state index in [2.05, 4.69) is 15.0 Å². The van der Waals surface area contributed by atoms with Gasteiger partial charge in [0.05, 0.1) is 10.9 Å². The topological polar surface area (TPSA) is 62.5 Å². The van der Waals surface area contributed by atoms with Gasteiger partial charge in [-0.3, -0.25) is 9.69 Å². The number of hydrogen-bond donors (Lipinski definition) is 0. The number of fused-ring (bicyclic) bond motifs is 1. The maximum atomic E-state index is 14.0. The summed E-state index contributed by atoms with van der Waals surface area (Å²) in [5.74, 6) is -1.79. The molecule has 0 saturated heterocycles. The number of thiazole rings is 1. The van der Waals surface area contributed by atoms with Gasteiger partial charge in [0.1, 0.15) is 11.3 Å². The zero-order chi connectivity index (χ0) is 18.7. The molecule has 1 amide bonds. The number of amides is 1. The molecule has 0 spiro atoms. The van der Waals surface area contributed by atoms with Crippen LogP contribution < -0.4 is 4.90 Å². The second kappa shape index (κ2) is 7.88. The van der Waals surface area contributed by atoms with Crippen molar-refractivity contribution in [3.63, 3.8) is 0 Å². The first kappa shape index (κ1) is 18.4. The minimum Gasteiger partial charge on any atom is -0.351 e. The van der Waals surface area contributed by atoms with Gasteiger partial charge in [-0.2, -0.15) is 0 Å². The van der Waals surface area contributed by atoms with Crippen LogP contribution in [-0.2, 0) is 0 Å². The van der Waals surface area contributed by atoms with Gasteiger partial charge in [0.15, 0.2) is 10.9 Å². The lowest BCUT2D eigenvalue weighted by Gasteiger charge is -2.23. The van der Waals surface area contributed by atoms with Crippen LogP contribution in [0.2, 0.25) is 0 Å². The van der Waals surface area contributed by atoms with Gasteiger partial charge < -0.3 is 9.42 Å². The fourth-order valence-corrected chi connectivity index (χ4v) is 3.61. The molecule has 1 aromatic carbocycles. The maximum Gasteiger partial charge on any atom is 0.298 e. The van der Waals surface area contributed by atoms with Gasteiger partial charge in [-0.05, 0) is 19.2 Å².